The van der Waals surface area contributed by atoms with Crippen LogP contribution < -0.4 is 11.3 Å². The van der Waals surface area contributed by atoms with Gasteiger partial charge in [0.25, 0.3) is 0 Å². The van der Waals surface area contributed by atoms with Crippen LogP contribution >= 0.6 is 0 Å². The summed E-state index contributed by atoms with van der Waals surface area (Å²) in [5, 5.41) is 6.44. The van der Waals surface area contributed by atoms with Crippen LogP contribution in [0.4, 0.5) is 0 Å². The molecule has 0 radical (unpaired) electrons. The van der Waals surface area contributed by atoms with Crippen molar-refractivity contribution in [3.8, 4) is 0 Å². The summed E-state index contributed by atoms with van der Waals surface area (Å²) in [6.07, 6.45) is 3.00. The highest BCUT2D eigenvalue weighted by molar-refractivity contribution is 5.12. The third-order valence-electron chi connectivity index (χ3n) is 1.70. The number of aromatic amines is 1. The number of nitrogens with one attached hydrogen (secondary N) is 2. The first-order valence-electron chi connectivity index (χ1n) is 3.76. The van der Waals surface area contributed by atoms with Crippen LogP contribution in [0.25, 0.3) is 0 Å². The molecule has 0 aromatic carbocycles. The van der Waals surface area contributed by atoms with Crippen molar-refractivity contribution in [2.45, 2.75) is 6.04 Å². The fourth-order valence-corrected chi connectivity index (χ4v) is 1.11. The molecule has 2 aromatic heterocycles. The minimum Gasteiger partial charge on any atom is -0.467 e. The first kappa shape index (κ1) is 7.96. The lowest BCUT2D eigenvalue weighted by Crippen LogP contribution is -2.29. The zero-order valence-electron chi connectivity index (χ0n) is 6.77. The number of nitrogens with zero attached hydrogens (tertiary/aromatic N) is 2. The van der Waals surface area contributed by atoms with Gasteiger partial charge in [0.1, 0.15) is 18.1 Å². The van der Waals surface area contributed by atoms with Crippen molar-refractivity contribution < 1.29 is 4.42 Å². The summed E-state index contributed by atoms with van der Waals surface area (Å²) in [5.41, 5.74) is 2.58. The quantitative estimate of drug-likeness (QED) is 0.453. The number of furan rings is 1. The van der Waals surface area contributed by atoms with Crippen LogP contribution in [0, 0.1) is 0 Å². The highest BCUT2D eigenvalue weighted by Crippen LogP contribution is 2.17. The van der Waals surface area contributed by atoms with Crippen LogP contribution in [0.1, 0.15) is 17.6 Å². The lowest BCUT2D eigenvalue weighted by atomic mass is 10.2. The number of H-pyrrole nitrogens is 1. The molecule has 0 saturated heterocycles. The van der Waals surface area contributed by atoms with E-state index in [1.807, 2.05) is 6.07 Å². The SMILES string of the molecule is NNC(c1ncn[nH]1)c1ccco1. The Kier molecular flexibility index (Phi) is 2.07. The van der Waals surface area contributed by atoms with Crippen LogP contribution in [0.2, 0.25) is 0 Å². The Bertz CT molecular complexity index is 307. The van der Waals surface area contributed by atoms with Crippen molar-refractivity contribution in [3.05, 3.63) is 36.3 Å². The Morgan fingerprint density at radius 1 is 1.62 bits per heavy atom. The van der Waals surface area contributed by atoms with E-state index >= 15 is 0 Å². The average molecular weight is 179 g/mol. The number of hydrazine groups is 1. The summed E-state index contributed by atoms with van der Waals surface area (Å²) < 4.78 is 5.18. The van der Waals surface area contributed by atoms with Gasteiger partial charge in [0.15, 0.2) is 5.82 Å². The first-order chi connectivity index (χ1) is 6.42. The molecule has 1 unspecified atom stereocenters. The van der Waals surface area contributed by atoms with E-state index in [1.54, 1.807) is 12.3 Å². The molecule has 0 aliphatic rings. The highest BCUT2D eigenvalue weighted by Gasteiger charge is 2.17. The Morgan fingerprint density at radius 2 is 2.54 bits per heavy atom. The largest absolute Gasteiger partial charge is 0.467 e. The Morgan fingerprint density at radius 3 is 3.08 bits per heavy atom. The number of aromatic nitrogens is 3. The van der Waals surface area contributed by atoms with E-state index in [4.69, 9.17) is 10.3 Å². The second kappa shape index (κ2) is 3.38. The molecule has 6 heteroatoms. The third-order valence-corrected chi connectivity index (χ3v) is 1.70. The second-order valence-corrected chi connectivity index (χ2v) is 2.49. The van der Waals surface area contributed by atoms with Gasteiger partial charge in [0.05, 0.1) is 6.26 Å². The number of rotatable bonds is 3. The van der Waals surface area contributed by atoms with E-state index in [9.17, 15) is 0 Å². The van der Waals surface area contributed by atoms with Gasteiger partial charge in [0.2, 0.25) is 0 Å². The van der Waals surface area contributed by atoms with E-state index in [0.29, 0.717) is 11.6 Å². The second-order valence-electron chi connectivity index (χ2n) is 2.49. The highest BCUT2D eigenvalue weighted by atomic mass is 16.3. The number of hydrogen-bond donors (Lipinski definition) is 3. The summed E-state index contributed by atoms with van der Waals surface area (Å²) in [5.74, 6) is 6.67. The molecule has 0 bridgehead atoms. The number of nitrogens with two attached hydrogens (primary N) is 1. The monoisotopic (exact) mass is 179 g/mol. The van der Waals surface area contributed by atoms with Gasteiger partial charge in [0, 0.05) is 0 Å². The molecule has 4 N–H and O–H groups in total. The topological polar surface area (TPSA) is 92.8 Å². The van der Waals surface area contributed by atoms with Crippen molar-refractivity contribution in [2.75, 3.05) is 0 Å². The Labute approximate surface area is 74.1 Å². The fraction of sp³-hybridized carbons (Fsp3) is 0.143. The van der Waals surface area contributed by atoms with Crippen LogP contribution in [-0.2, 0) is 0 Å². The van der Waals surface area contributed by atoms with Crippen LogP contribution in [-0.4, -0.2) is 15.2 Å². The summed E-state index contributed by atoms with van der Waals surface area (Å²) in [4.78, 5) is 3.97. The minimum absolute atomic E-state index is 0.280. The van der Waals surface area contributed by atoms with Gasteiger partial charge >= 0.3 is 0 Å². The molecule has 0 fully saturated rings. The summed E-state index contributed by atoms with van der Waals surface area (Å²) in [7, 11) is 0. The van der Waals surface area contributed by atoms with Crippen LogP contribution in [0.3, 0.4) is 0 Å². The van der Waals surface area contributed by atoms with E-state index < -0.39 is 0 Å². The molecule has 13 heavy (non-hydrogen) atoms. The molecule has 2 rings (SSSR count). The predicted octanol–water partition coefficient (Wildman–Crippen LogP) is -0.0496. The maximum Gasteiger partial charge on any atom is 0.150 e. The van der Waals surface area contributed by atoms with Crippen molar-refractivity contribution in [3.63, 3.8) is 0 Å². The van der Waals surface area contributed by atoms with E-state index in [1.165, 1.54) is 6.33 Å². The molecule has 0 aliphatic carbocycles. The summed E-state index contributed by atoms with van der Waals surface area (Å²) in [6.45, 7) is 0. The van der Waals surface area contributed by atoms with Gasteiger partial charge in [-0.05, 0) is 12.1 Å². The van der Waals surface area contributed by atoms with Crippen molar-refractivity contribution >= 4 is 0 Å². The zero-order valence-corrected chi connectivity index (χ0v) is 6.77. The van der Waals surface area contributed by atoms with Gasteiger partial charge in [-0.15, -0.1) is 0 Å². The van der Waals surface area contributed by atoms with E-state index in [0.717, 1.165) is 0 Å². The maximum atomic E-state index is 5.36. The predicted molar refractivity (Wildman–Crippen MR) is 44.3 cm³/mol. The molecular formula is C7H9N5O. The Hall–Kier alpha value is -1.66. The minimum atomic E-state index is -0.280. The third kappa shape index (κ3) is 1.44. The lowest BCUT2D eigenvalue weighted by Gasteiger charge is -2.08. The molecule has 2 heterocycles. The average Bonchev–Trinajstić information content (AvgIpc) is 2.76. The molecule has 0 aliphatic heterocycles. The molecule has 0 saturated carbocycles. The first-order valence-corrected chi connectivity index (χ1v) is 3.76. The maximum absolute atomic E-state index is 5.36. The molecule has 0 spiro atoms. The summed E-state index contributed by atoms with van der Waals surface area (Å²) >= 11 is 0. The van der Waals surface area contributed by atoms with Crippen molar-refractivity contribution in [1.29, 1.82) is 0 Å². The van der Waals surface area contributed by atoms with Crippen molar-refractivity contribution in [2.24, 2.45) is 5.84 Å². The summed E-state index contributed by atoms with van der Waals surface area (Å²) in [6, 6.07) is 3.32. The molecule has 6 nitrogen and oxygen atoms in total. The van der Waals surface area contributed by atoms with Crippen LogP contribution in [0.15, 0.2) is 29.1 Å². The molecular weight excluding hydrogens is 170 g/mol. The smallest absolute Gasteiger partial charge is 0.150 e. The van der Waals surface area contributed by atoms with Crippen molar-refractivity contribution in [1.82, 2.24) is 20.6 Å². The fourth-order valence-electron chi connectivity index (χ4n) is 1.11. The lowest BCUT2D eigenvalue weighted by molar-refractivity contribution is 0.442. The van der Waals surface area contributed by atoms with Gasteiger partial charge in [-0.1, -0.05) is 0 Å². The Balaban J connectivity index is 2.29. The van der Waals surface area contributed by atoms with E-state index in [2.05, 4.69) is 20.6 Å². The number of hydrogen-bond acceptors (Lipinski definition) is 5. The normalized spacial score (nSPS) is 13.0. The van der Waals surface area contributed by atoms with Gasteiger partial charge in [-0.25, -0.2) is 10.4 Å². The van der Waals surface area contributed by atoms with Gasteiger partial charge in [-0.2, -0.15) is 5.10 Å². The van der Waals surface area contributed by atoms with Gasteiger partial charge in [-0.3, -0.25) is 10.9 Å². The van der Waals surface area contributed by atoms with E-state index in [-0.39, 0.29) is 6.04 Å². The van der Waals surface area contributed by atoms with Gasteiger partial charge < -0.3 is 4.42 Å². The molecule has 0 amide bonds. The molecule has 68 valence electrons. The van der Waals surface area contributed by atoms with Crippen LogP contribution in [0.5, 0.6) is 0 Å². The zero-order chi connectivity index (χ0) is 9.10. The molecule has 2 aromatic rings. The molecule has 1 atom stereocenters. The standard InChI is InChI=1S/C7H9N5O/c8-11-6(5-2-1-3-13-5)7-9-4-10-12-7/h1-4,6,11H,8H2,(H,9,10,12).